The van der Waals surface area contributed by atoms with E-state index in [9.17, 15) is 0 Å². The van der Waals surface area contributed by atoms with Gasteiger partial charge in [0, 0.05) is 6.61 Å². The quantitative estimate of drug-likeness (QED) is 0.213. The van der Waals surface area contributed by atoms with E-state index < -0.39 is 8.32 Å². The molecule has 0 aliphatic rings. The maximum Gasteiger partial charge on any atom is 0.183 e. The molecular formula is C19H42O7Si. The van der Waals surface area contributed by atoms with Gasteiger partial charge in [-0.1, -0.05) is 13.8 Å². The lowest BCUT2D eigenvalue weighted by molar-refractivity contribution is -0.0189. The molecule has 0 aromatic rings. The fourth-order valence-electron chi connectivity index (χ4n) is 1.83. The van der Waals surface area contributed by atoms with E-state index in [1.54, 1.807) is 0 Å². The molecule has 164 valence electrons. The van der Waals surface area contributed by atoms with Gasteiger partial charge in [-0.25, -0.2) is 0 Å². The Morgan fingerprint density at radius 2 is 0.778 bits per heavy atom. The Morgan fingerprint density at radius 1 is 0.481 bits per heavy atom. The van der Waals surface area contributed by atoms with Gasteiger partial charge < -0.3 is 32.8 Å². The van der Waals surface area contributed by atoms with E-state index in [0.29, 0.717) is 85.2 Å². The number of ether oxygens (including phenoxy) is 6. The Labute approximate surface area is 167 Å². The number of hydrogen-bond acceptors (Lipinski definition) is 7. The van der Waals surface area contributed by atoms with Crippen LogP contribution in [0.25, 0.3) is 0 Å². The van der Waals surface area contributed by atoms with Crippen molar-refractivity contribution >= 4 is 8.32 Å². The number of hydrogen-bond donors (Lipinski definition) is 0. The van der Waals surface area contributed by atoms with Gasteiger partial charge in [-0.15, -0.1) is 0 Å². The summed E-state index contributed by atoms with van der Waals surface area (Å²) in [5.41, 5.74) is 0. The molecule has 27 heavy (non-hydrogen) atoms. The van der Waals surface area contributed by atoms with Crippen LogP contribution in [0.4, 0.5) is 0 Å². The zero-order valence-electron chi connectivity index (χ0n) is 18.1. The van der Waals surface area contributed by atoms with Crippen LogP contribution in [0.15, 0.2) is 0 Å². The highest BCUT2D eigenvalue weighted by Gasteiger charge is 2.12. The van der Waals surface area contributed by atoms with Gasteiger partial charge in [0.1, 0.15) is 0 Å². The van der Waals surface area contributed by atoms with Gasteiger partial charge in [-0.3, -0.25) is 0 Å². The molecule has 0 atom stereocenters. The Hall–Kier alpha value is -0.0631. The van der Waals surface area contributed by atoms with Crippen molar-refractivity contribution in [2.45, 2.75) is 33.5 Å². The van der Waals surface area contributed by atoms with E-state index in [0.717, 1.165) is 6.61 Å². The van der Waals surface area contributed by atoms with Gasteiger partial charge >= 0.3 is 0 Å². The fourth-order valence-corrected chi connectivity index (χ4v) is 2.52. The fraction of sp³-hybridized carbons (Fsp3) is 1.00. The molecule has 0 rings (SSSR count). The first kappa shape index (κ1) is 26.9. The zero-order chi connectivity index (χ0) is 20.2. The summed E-state index contributed by atoms with van der Waals surface area (Å²) >= 11 is 0. The van der Waals surface area contributed by atoms with Crippen LogP contribution in [0.1, 0.15) is 13.8 Å². The molecule has 7 nitrogen and oxygen atoms in total. The highest BCUT2D eigenvalue weighted by Crippen LogP contribution is 2.01. The summed E-state index contributed by atoms with van der Waals surface area (Å²) in [6.45, 7) is 18.6. The van der Waals surface area contributed by atoms with Crippen molar-refractivity contribution in [2.75, 3.05) is 85.9 Å². The van der Waals surface area contributed by atoms with E-state index in [1.807, 2.05) is 0 Å². The molecule has 0 aliphatic heterocycles. The maximum atomic E-state index is 5.69. The van der Waals surface area contributed by atoms with Crippen LogP contribution in [0.3, 0.4) is 0 Å². The molecular weight excluding hydrogens is 368 g/mol. The molecule has 0 saturated carbocycles. The van der Waals surface area contributed by atoms with Crippen LogP contribution in [0, 0.1) is 5.92 Å². The molecule has 0 fully saturated rings. The first-order valence-electron chi connectivity index (χ1n) is 10.0. The third-order valence-electron chi connectivity index (χ3n) is 3.07. The molecule has 0 unspecified atom stereocenters. The molecule has 0 bridgehead atoms. The monoisotopic (exact) mass is 410 g/mol. The third kappa shape index (κ3) is 25.9. The first-order chi connectivity index (χ1) is 12.9. The van der Waals surface area contributed by atoms with Crippen molar-refractivity contribution in [1.82, 2.24) is 0 Å². The van der Waals surface area contributed by atoms with Gasteiger partial charge in [-0.05, 0) is 25.6 Å². The molecule has 0 amide bonds. The Morgan fingerprint density at radius 3 is 1.07 bits per heavy atom. The average molecular weight is 411 g/mol. The zero-order valence-corrected chi connectivity index (χ0v) is 19.1. The van der Waals surface area contributed by atoms with E-state index in [-0.39, 0.29) is 0 Å². The van der Waals surface area contributed by atoms with Gasteiger partial charge in [0.2, 0.25) is 0 Å². The second-order valence-corrected chi connectivity index (χ2v) is 12.0. The lowest BCUT2D eigenvalue weighted by Gasteiger charge is -2.16. The summed E-state index contributed by atoms with van der Waals surface area (Å²) in [6, 6.07) is 0. The number of rotatable bonds is 21. The summed E-state index contributed by atoms with van der Waals surface area (Å²) in [4.78, 5) is 0. The minimum Gasteiger partial charge on any atom is -0.415 e. The van der Waals surface area contributed by atoms with E-state index in [2.05, 4.69) is 33.5 Å². The summed E-state index contributed by atoms with van der Waals surface area (Å²) in [5, 5.41) is 0. The Bertz CT molecular complexity index is 298. The van der Waals surface area contributed by atoms with Crippen LogP contribution in [-0.4, -0.2) is 94.2 Å². The van der Waals surface area contributed by atoms with Crippen LogP contribution in [0.5, 0.6) is 0 Å². The minimum atomic E-state index is -1.42. The second kappa shape index (κ2) is 19.3. The highest BCUT2D eigenvalue weighted by atomic mass is 28.4. The van der Waals surface area contributed by atoms with Crippen molar-refractivity contribution in [1.29, 1.82) is 0 Å². The van der Waals surface area contributed by atoms with Gasteiger partial charge in [0.25, 0.3) is 0 Å². The second-order valence-electron chi connectivity index (χ2n) is 7.49. The van der Waals surface area contributed by atoms with Crippen molar-refractivity contribution in [3.8, 4) is 0 Å². The van der Waals surface area contributed by atoms with E-state index >= 15 is 0 Å². The van der Waals surface area contributed by atoms with Crippen LogP contribution in [0.2, 0.25) is 19.6 Å². The molecule has 0 aliphatic carbocycles. The van der Waals surface area contributed by atoms with Gasteiger partial charge in [-0.2, -0.15) is 0 Å². The Balaban J connectivity index is 3.03. The van der Waals surface area contributed by atoms with Crippen LogP contribution < -0.4 is 0 Å². The van der Waals surface area contributed by atoms with Gasteiger partial charge in [0.15, 0.2) is 8.32 Å². The molecule has 0 aromatic heterocycles. The molecule has 0 N–H and O–H groups in total. The van der Waals surface area contributed by atoms with Crippen LogP contribution >= 0.6 is 0 Å². The van der Waals surface area contributed by atoms with Crippen molar-refractivity contribution in [2.24, 2.45) is 5.92 Å². The maximum absolute atomic E-state index is 5.69. The topological polar surface area (TPSA) is 64.6 Å². The SMILES string of the molecule is CC(C)COCCOCCOCCOCCOCCOCCO[Si](C)(C)C. The molecule has 0 radical (unpaired) electrons. The summed E-state index contributed by atoms with van der Waals surface area (Å²) in [6.07, 6.45) is 0. The van der Waals surface area contributed by atoms with Gasteiger partial charge in [0.05, 0.1) is 79.3 Å². The summed E-state index contributed by atoms with van der Waals surface area (Å²) < 4.78 is 38.3. The third-order valence-corrected chi connectivity index (χ3v) is 4.14. The summed E-state index contributed by atoms with van der Waals surface area (Å²) in [5.74, 6) is 0.562. The largest absolute Gasteiger partial charge is 0.415 e. The predicted octanol–water partition coefficient (Wildman–Crippen LogP) is 2.59. The average Bonchev–Trinajstić information content (AvgIpc) is 2.58. The lowest BCUT2D eigenvalue weighted by Crippen LogP contribution is -2.27. The minimum absolute atomic E-state index is 0.561. The molecule has 0 saturated heterocycles. The van der Waals surface area contributed by atoms with Crippen molar-refractivity contribution in [3.05, 3.63) is 0 Å². The molecule has 0 heterocycles. The lowest BCUT2D eigenvalue weighted by atomic mass is 10.2. The van der Waals surface area contributed by atoms with E-state index in [1.165, 1.54) is 0 Å². The van der Waals surface area contributed by atoms with Crippen molar-refractivity contribution in [3.63, 3.8) is 0 Å². The molecule has 0 aromatic carbocycles. The standard InChI is InChI=1S/C19H42O7Si/c1-19(2)18-25-15-14-23-11-10-21-7-6-20-8-9-22-12-13-24-16-17-26-27(3,4)5/h19H,6-18H2,1-5H3. The highest BCUT2D eigenvalue weighted by molar-refractivity contribution is 6.69. The Kier molecular flexibility index (Phi) is 19.2. The van der Waals surface area contributed by atoms with Crippen LogP contribution in [-0.2, 0) is 32.8 Å². The van der Waals surface area contributed by atoms with E-state index in [4.69, 9.17) is 32.8 Å². The summed E-state index contributed by atoms with van der Waals surface area (Å²) in [7, 11) is -1.42. The van der Waals surface area contributed by atoms with Crippen molar-refractivity contribution < 1.29 is 32.8 Å². The molecule has 0 spiro atoms. The normalized spacial score (nSPS) is 12.2. The smallest absolute Gasteiger partial charge is 0.183 e. The molecule has 8 heteroatoms. The predicted molar refractivity (Wildman–Crippen MR) is 109 cm³/mol. The first-order valence-corrected chi connectivity index (χ1v) is 13.4.